The molecule has 0 rings (SSSR count). The average Bonchev–Trinajstić information content (AvgIpc) is 2.05. The molecule has 0 saturated carbocycles. The van der Waals surface area contributed by atoms with Crippen LogP contribution in [0.5, 0.6) is 0 Å². The summed E-state index contributed by atoms with van der Waals surface area (Å²) in [6.07, 6.45) is 5.23. The molecule has 0 heterocycles. The van der Waals surface area contributed by atoms with Gasteiger partial charge >= 0.3 is 7.87 Å². The zero-order valence-electron chi connectivity index (χ0n) is 9.29. The molecule has 14 heavy (non-hydrogen) atoms. The van der Waals surface area contributed by atoms with Crippen molar-refractivity contribution in [3.8, 4) is 12.3 Å². The van der Waals surface area contributed by atoms with Gasteiger partial charge in [0.25, 0.3) is 0 Å². The van der Waals surface area contributed by atoms with Crippen molar-refractivity contribution in [3.05, 3.63) is 0 Å². The molecule has 0 unspecified atom stereocenters. The van der Waals surface area contributed by atoms with Crippen LogP contribution in [0.1, 0.15) is 13.8 Å². The normalized spacial score (nSPS) is 10.9. The van der Waals surface area contributed by atoms with Crippen molar-refractivity contribution in [2.45, 2.75) is 13.8 Å². The van der Waals surface area contributed by atoms with E-state index < -0.39 is 7.87 Å². The molecule has 0 aliphatic heterocycles. The first-order valence-corrected chi connectivity index (χ1v) is 6.43. The fraction of sp³-hybridized carbons (Fsp3) is 0.778. The lowest BCUT2D eigenvalue weighted by Gasteiger charge is -2.25. The Morgan fingerprint density at radius 2 is 1.71 bits per heavy atom. The van der Waals surface area contributed by atoms with Crippen LogP contribution < -0.4 is 24.0 Å². The van der Waals surface area contributed by atoms with Crippen LogP contribution in [0, 0.1) is 12.3 Å². The summed E-state index contributed by atoms with van der Waals surface area (Å²) in [5.74, 6) is 2.58. The molecular weight excluding hydrogens is 312 g/mol. The Morgan fingerprint density at radius 1 is 1.29 bits per heavy atom. The predicted octanol–water partition coefficient (Wildman–Crippen LogP) is -0.979. The predicted molar refractivity (Wildman–Crippen MR) is 57.6 cm³/mol. The largest absolute Gasteiger partial charge is 1.00 e. The SMILES string of the molecule is C#CCN(C)[P+](C)(OCC)OCC.[I-]. The lowest BCUT2D eigenvalue weighted by Crippen LogP contribution is -3.00. The van der Waals surface area contributed by atoms with E-state index in [0.717, 1.165) is 0 Å². The van der Waals surface area contributed by atoms with Crippen molar-refractivity contribution >= 4 is 7.87 Å². The molecule has 3 nitrogen and oxygen atoms in total. The van der Waals surface area contributed by atoms with Gasteiger partial charge in [-0.15, -0.1) is 11.1 Å². The second-order valence-corrected chi connectivity index (χ2v) is 5.46. The maximum atomic E-state index is 5.60. The molecule has 0 saturated heterocycles. The number of nitrogens with zero attached hydrogens (tertiary/aromatic N) is 1. The van der Waals surface area contributed by atoms with E-state index in [1.54, 1.807) is 0 Å². The zero-order chi connectivity index (χ0) is 10.3. The summed E-state index contributed by atoms with van der Waals surface area (Å²) in [5.41, 5.74) is 0. The number of halogens is 1. The molecule has 0 atom stereocenters. The van der Waals surface area contributed by atoms with E-state index >= 15 is 0 Å². The molecular formula is C9H19INO2P. The van der Waals surface area contributed by atoms with Crippen LogP contribution in [0.4, 0.5) is 0 Å². The van der Waals surface area contributed by atoms with E-state index in [1.807, 2.05) is 32.2 Å². The van der Waals surface area contributed by atoms with E-state index in [9.17, 15) is 0 Å². The van der Waals surface area contributed by atoms with Crippen LogP contribution in [-0.4, -0.2) is 38.1 Å². The highest BCUT2D eigenvalue weighted by atomic mass is 127. The Labute approximate surface area is 105 Å². The molecule has 0 spiro atoms. The molecule has 0 radical (unpaired) electrons. The summed E-state index contributed by atoms with van der Waals surface area (Å²) in [7, 11) is 0.0434. The van der Waals surface area contributed by atoms with Crippen LogP contribution in [0.3, 0.4) is 0 Å². The topological polar surface area (TPSA) is 21.7 Å². The first kappa shape index (κ1) is 17.0. The Balaban J connectivity index is 0. The number of rotatable bonds is 6. The van der Waals surface area contributed by atoms with E-state index in [2.05, 4.69) is 5.92 Å². The fourth-order valence-electron chi connectivity index (χ4n) is 0.974. The summed E-state index contributed by atoms with van der Waals surface area (Å²) in [6, 6.07) is 0. The zero-order valence-corrected chi connectivity index (χ0v) is 12.3. The molecule has 0 aliphatic carbocycles. The maximum absolute atomic E-state index is 5.60. The van der Waals surface area contributed by atoms with Gasteiger partial charge < -0.3 is 24.0 Å². The highest BCUT2D eigenvalue weighted by Crippen LogP contribution is 2.59. The molecule has 0 aliphatic rings. The van der Waals surface area contributed by atoms with Crippen molar-refractivity contribution in [2.75, 3.05) is 33.5 Å². The summed E-state index contributed by atoms with van der Waals surface area (Å²) in [5, 5.41) is 0. The van der Waals surface area contributed by atoms with Crippen molar-refractivity contribution in [2.24, 2.45) is 0 Å². The Hall–Kier alpha value is 0.600. The maximum Gasteiger partial charge on any atom is 0.345 e. The minimum atomic E-state index is -1.89. The van der Waals surface area contributed by atoms with E-state index in [0.29, 0.717) is 19.8 Å². The van der Waals surface area contributed by atoms with E-state index in [-0.39, 0.29) is 24.0 Å². The molecule has 0 aromatic rings. The molecule has 0 bridgehead atoms. The van der Waals surface area contributed by atoms with Gasteiger partial charge in [-0.3, -0.25) is 0 Å². The van der Waals surface area contributed by atoms with Gasteiger partial charge in [0.05, 0.1) is 19.8 Å². The van der Waals surface area contributed by atoms with Gasteiger partial charge in [-0.05, 0) is 13.8 Å². The summed E-state index contributed by atoms with van der Waals surface area (Å²) >= 11 is 0. The van der Waals surface area contributed by atoms with Gasteiger partial charge in [-0.1, -0.05) is 5.92 Å². The van der Waals surface area contributed by atoms with Crippen molar-refractivity contribution in [1.29, 1.82) is 0 Å². The van der Waals surface area contributed by atoms with Crippen molar-refractivity contribution in [1.82, 2.24) is 4.67 Å². The molecule has 0 aromatic heterocycles. The Kier molecular flexibility index (Phi) is 10.8. The van der Waals surface area contributed by atoms with Gasteiger partial charge in [0.2, 0.25) is 0 Å². The third kappa shape index (κ3) is 5.47. The fourth-order valence-corrected chi connectivity index (χ4v) is 2.74. The lowest BCUT2D eigenvalue weighted by molar-refractivity contribution is -0.00000569. The molecule has 84 valence electrons. The number of hydrogen-bond donors (Lipinski definition) is 0. The highest BCUT2D eigenvalue weighted by molar-refractivity contribution is 7.63. The number of hydrogen-bond acceptors (Lipinski definition) is 3. The lowest BCUT2D eigenvalue weighted by atomic mass is 10.7. The van der Waals surface area contributed by atoms with Gasteiger partial charge in [-0.2, -0.15) is 9.05 Å². The molecule has 0 aromatic carbocycles. The van der Waals surface area contributed by atoms with Crippen LogP contribution >= 0.6 is 7.87 Å². The van der Waals surface area contributed by atoms with Crippen LogP contribution in [-0.2, 0) is 9.05 Å². The Morgan fingerprint density at radius 3 is 2.00 bits per heavy atom. The molecule has 0 amide bonds. The molecule has 0 fully saturated rings. The van der Waals surface area contributed by atoms with Crippen LogP contribution in [0.2, 0.25) is 0 Å². The molecule has 5 heteroatoms. The smallest absolute Gasteiger partial charge is 0.345 e. The second-order valence-electron chi connectivity index (χ2n) is 2.66. The second kappa shape index (κ2) is 8.87. The van der Waals surface area contributed by atoms with Gasteiger partial charge in [0.1, 0.15) is 6.66 Å². The first-order chi connectivity index (χ1) is 6.10. The van der Waals surface area contributed by atoms with Gasteiger partial charge in [-0.25, -0.2) is 0 Å². The van der Waals surface area contributed by atoms with Crippen molar-refractivity contribution < 1.29 is 33.0 Å². The highest BCUT2D eigenvalue weighted by Gasteiger charge is 2.40. The van der Waals surface area contributed by atoms with Crippen LogP contribution in [0.15, 0.2) is 0 Å². The Bertz CT molecular complexity index is 178. The first-order valence-electron chi connectivity index (χ1n) is 4.41. The van der Waals surface area contributed by atoms with Gasteiger partial charge in [0.15, 0.2) is 0 Å². The third-order valence-electron chi connectivity index (χ3n) is 1.68. The summed E-state index contributed by atoms with van der Waals surface area (Å²) in [4.78, 5) is 0. The average molecular weight is 331 g/mol. The third-order valence-corrected chi connectivity index (χ3v) is 4.53. The van der Waals surface area contributed by atoms with Crippen LogP contribution in [0.25, 0.3) is 0 Å². The number of terminal acetylenes is 1. The van der Waals surface area contributed by atoms with E-state index in [1.165, 1.54) is 0 Å². The minimum absolute atomic E-state index is 0. The van der Waals surface area contributed by atoms with E-state index in [4.69, 9.17) is 15.5 Å². The molecule has 0 N–H and O–H groups in total. The quantitative estimate of drug-likeness (QED) is 0.355. The van der Waals surface area contributed by atoms with Crippen molar-refractivity contribution in [3.63, 3.8) is 0 Å². The summed E-state index contributed by atoms with van der Waals surface area (Å²) < 4.78 is 13.2. The monoisotopic (exact) mass is 331 g/mol. The summed E-state index contributed by atoms with van der Waals surface area (Å²) in [6.45, 7) is 7.77. The minimum Gasteiger partial charge on any atom is -1.00 e. The van der Waals surface area contributed by atoms with Gasteiger partial charge in [0, 0.05) is 7.05 Å². The standard InChI is InChI=1S/C9H19NO2P.HI/c1-6-9-10(4)13(5,11-7-2)12-8-3;/h1H,7-9H2,2-5H3;1H/q+1;/p-1.